The fourth-order valence-corrected chi connectivity index (χ4v) is 4.20. The zero-order valence-electron chi connectivity index (χ0n) is 18.9. The lowest BCUT2D eigenvalue weighted by molar-refractivity contribution is -0.133. The Morgan fingerprint density at radius 2 is 1.84 bits per heavy atom. The van der Waals surface area contributed by atoms with Gasteiger partial charge in [0.2, 0.25) is 17.7 Å². The predicted octanol–water partition coefficient (Wildman–Crippen LogP) is 2.52. The average molecular weight is 430 g/mol. The van der Waals surface area contributed by atoms with Crippen molar-refractivity contribution in [2.24, 2.45) is 5.92 Å². The molecule has 2 heterocycles. The highest BCUT2D eigenvalue weighted by molar-refractivity contribution is 5.89. The second-order valence-electron chi connectivity index (χ2n) is 8.97. The summed E-state index contributed by atoms with van der Waals surface area (Å²) in [5.74, 6) is 0.737. The van der Waals surface area contributed by atoms with Gasteiger partial charge in [0.1, 0.15) is 5.75 Å². The van der Waals surface area contributed by atoms with Gasteiger partial charge in [-0.1, -0.05) is 17.7 Å². The summed E-state index contributed by atoms with van der Waals surface area (Å²) in [7, 11) is 0. The number of amides is 3. The van der Waals surface area contributed by atoms with Crippen molar-refractivity contribution in [3.05, 3.63) is 29.8 Å². The van der Waals surface area contributed by atoms with Gasteiger partial charge < -0.3 is 19.9 Å². The standard InChI is InChI=1S/C24H35N3O4/c1-17(2)27-16-19(15-23(27)29)24(30)25-20-10-12-26(13-11-20)22(28)5-4-14-31-21-8-6-18(3)7-9-21/h6-9,17,19-20H,4-5,10-16H2,1-3H3,(H,25,30). The van der Waals surface area contributed by atoms with Crippen molar-refractivity contribution in [3.63, 3.8) is 0 Å². The molecule has 0 radical (unpaired) electrons. The van der Waals surface area contributed by atoms with Crippen LogP contribution in [-0.4, -0.2) is 65.8 Å². The third-order valence-corrected chi connectivity index (χ3v) is 6.17. The molecule has 7 heteroatoms. The first-order valence-electron chi connectivity index (χ1n) is 11.4. The largest absolute Gasteiger partial charge is 0.494 e. The minimum Gasteiger partial charge on any atom is -0.494 e. The number of likely N-dealkylation sites (tertiary alicyclic amines) is 2. The smallest absolute Gasteiger partial charge is 0.225 e. The summed E-state index contributed by atoms with van der Waals surface area (Å²) in [6.45, 7) is 8.32. The van der Waals surface area contributed by atoms with Crippen LogP contribution in [0.3, 0.4) is 0 Å². The molecule has 0 aliphatic carbocycles. The second kappa shape index (κ2) is 10.6. The number of rotatable bonds is 8. The molecule has 3 amide bonds. The van der Waals surface area contributed by atoms with Crippen LogP contribution in [-0.2, 0) is 14.4 Å². The fourth-order valence-electron chi connectivity index (χ4n) is 4.20. The number of benzene rings is 1. The van der Waals surface area contributed by atoms with Crippen LogP contribution in [0.25, 0.3) is 0 Å². The van der Waals surface area contributed by atoms with Crippen LogP contribution >= 0.6 is 0 Å². The van der Waals surface area contributed by atoms with Crippen LogP contribution < -0.4 is 10.1 Å². The third-order valence-electron chi connectivity index (χ3n) is 6.17. The molecule has 0 spiro atoms. The van der Waals surface area contributed by atoms with Crippen molar-refractivity contribution in [3.8, 4) is 5.75 Å². The molecule has 31 heavy (non-hydrogen) atoms. The van der Waals surface area contributed by atoms with E-state index in [2.05, 4.69) is 5.32 Å². The minimum absolute atomic E-state index is 0.0328. The highest BCUT2D eigenvalue weighted by Gasteiger charge is 2.36. The second-order valence-corrected chi connectivity index (χ2v) is 8.97. The van der Waals surface area contributed by atoms with E-state index in [1.165, 1.54) is 5.56 Å². The molecule has 1 atom stereocenters. The van der Waals surface area contributed by atoms with E-state index >= 15 is 0 Å². The van der Waals surface area contributed by atoms with E-state index < -0.39 is 0 Å². The number of nitrogens with zero attached hydrogens (tertiary/aromatic N) is 2. The number of aryl methyl sites for hydroxylation is 1. The van der Waals surface area contributed by atoms with Crippen LogP contribution in [0, 0.1) is 12.8 Å². The van der Waals surface area contributed by atoms with Gasteiger partial charge in [-0.05, 0) is 52.2 Å². The normalized spacial score (nSPS) is 19.7. The summed E-state index contributed by atoms with van der Waals surface area (Å²) in [4.78, 5) is 40.7. The summed E-state index contributed by atoms with van der Waals surface area (Å²) < 4.78 is 5.69. The van der Waals surface area contributed by atoms with Gasteiger partial charge in [0.25, 0.3) is 0 Å². The van der Waals surface area contributed by atoms with Crippen molar-refractivity contribution in [1.29, 1.82) is 0 Å². The fraction of sp³-hybridized carbons (Fsp3) is 0.625. The van der Waals surface area contributed by atoms with Gasteiger partial charge in [-0.2, -0.15) is 0 Å². The summed E-state index contributed by atoms with van der Waals surface area (Å²) >= 11 is 0. The molecule has 3 rings (SSSR count). The zero-order chi connectivity index (χ0) is 22.4. The Hall–Kier alpha value is -2.57. The van der Waals surface area contributed by atoms with Gasteiger partial charge >= 0.3 is 0 Å². The first-order valence-corrected chi connectivity index (χ1v) is 11.4. The Morgan fingerprint density at radius 3 is 2.45 bits per heavy atom. The zero-order valence-corrected chi connectivity index (χ0v) is 18.9. The van der Waals surface area contributed by atoms with Gasteiger partial charge in [0, 0.05) is 44.6 Å². The monoisotopic (exact) mass is 429 g/mol. The van der Waals surface area contributed by atoms with E-state index in [0.29, 0.717) is 45.5 Å². The SMILES string of the molecule is Cc1ccc(OCCCC(=O)N2CCC(NC(=O)C3CC(=O)N(C(C)C)C3)CC2)cc1. The van der Waals surface area contributed by atoms with Crippen LogP contribution in [0.5, 0.6) is 5.75 Å². The molecule has 2 aliphatic rings. The molecule has 2 fully saturated rings. The molecule has 2 saturated heterocycles. The lowest BCUT2D eigenvalue weighted by Gasteiger charge is -2.33. The predicted molar refractivity (Wildman–Crippen MR) is 119 cm³/mol. The van der Waals surface area contributed by atoms with Crippen LogP contribution in [0.15, 0.2) is 24.3 Å². The lowest BCUT2D eigenvalue weighted by Crippen LogP contribution is -2.48. The quantitative estimate of drug-likeness (QED) is 0.644. The Bertz CT molecular complexity index is 770. The van der Waals surface area contributed by atoms with Crippen molar-refractivity contribution in [1.82, 2.24) is 15.1 Å². The molecule has 1 unspecified atom stereocenters. The first-order chi connectivity index (χ1) is 14.8. The Morgan fingerprint density at radius 1 is 1.16 bits per heavy atom. The number of carbonyl (C=O) groups is 3. The molecule has 0 bridgehead atoms. The van der Waals surface area contributed by atoms with Crippen LogP contribution in [0.1, 0.15) is 51.5 Å². The van der Waals surface area contributed by atoms with Gasteiger partial charge in [-0.15, -0.1) is 0 Å². The van der Waals surface area contributed by atoms with E-state index in [1.807, 2.05) is 49.9 Å². The molecule has 0 saturated carbocycles. The topological polar surface area (TPSA) is 79.0 Å². The molecule has 0 aromatic heterocycles. The number of piperidine rings is 1. The molecule has 170 valence electrons. The van der Waals surface area contributed by atoms with E-state index in [4.69, 9.17) is 4.74 Å². The molecule has 1 aromatic rings. The molecule has 2 aliphatic heterocycles. The van der Waals surface area contributed by atoms with Crippen LogP contribution in [0.4, 0.5) is 0 Å². The maximum Gasteiger partial charge on any atom is 0.225 e. The van der Waals surface area contributed by atoms with E-state index in [0.717, 1.165) is 18.6 Å². The number of carbonyl (C=O) groups excluding carboxylic acids is 3. The third kappa shape index (κ3) is 6.45. The van der Waals surface area contributed by atoms with Crippen molar-refractivity contribution >= 4 is 17.7 Å². The van der Waals surface area contributed by atoms with Crippen molar-refractivity contribution < 1.29 is 19.1 Å². The number of hydrogen-bond donors (Lipinski definition) is 1. The van der Waals surface area contributed by atoms with Gasteiger partial charge in [0.15, 0.2) is 0 Å². The Labute approximate surface area is 185 Å². The maximum absolute atomic E-state index is 12.6. The molecular weight excluding hydrogens is 394 g/mol. The van der Waals surface area contributed by atoms with Gasteiger partial charge in [0.05, 0.1) is 12.5 Å². The minimum atomic E-state index is -0.261. The van der Waals surface area contributed by atoms with Gasteiger partial charge in [-0.3, -0.25) is 14.4 Å². The highest BCUT2D eigenvalue weighted by Crippen LogP contribution is 2.21. The Balaban J connectivity index is 1.32. The number of nitrogens with one attached hydrogen (secondary N) is 1. The average Bonchev–Trinajstić information content (AvgIpc) is 3.15. The van der Waals surface area contributed by atoms with E-state index in [1.54, 1.807) is 4.90 Å². The highest BCUT2D eigenvalue weighted by atomic mass is 16.5. The first kappa shape index (κ1) is 23.1. The summed E-state index contributed by atoms with van der Waals surface area (Å²) in [6.07, 6.45) is 2.97. The molecule has 1 aromatic carbocycles. The summed E-state index contributed by atoms with van der Waals surface area (Å²) in [5, 5.41) is 3.10. The molecule has 1 N–H and O–H groups in total. The molecular formula is C24H35N3O4. The van der Waals surface area contributed by atoms with Gasteiger partial charge in [-0.25, -0.2) is 0 Å². The summed E-state index contributed by atoms with van der Waals surface area (Å²) in [6, 6.07) is 8.10. The lowest BCUT2D eigenvalue weighted by atomic mass is 10.0. The Kier molecular flexibility index (Phi) is 7.93. The van der Waals surface area contributed by atoms with Crippen molar-refractivity contribution in [2.75, 3.05) is 26.2 Å². The van der Waals surface area contributed by atoms with E-state index in [9.17, 15) is 14.4 Å². The molecule has 7 nitrogen and oxygen atoms in total. The maximum atomic E-state index is 12.6. The van der Waals surface area contributed by atoms with E-state index in [-0.39, 0.29) is 35.7 Å². The van der Waals surface area contributed by atoms with Crippen LogP contribution in [0.2, 0.25) is 0 Å². The van der Waals surface area contributed by atoms with Crippen molar-refractivity contribution in [2.45, 2.75) is 65.0 Å². The summed E-state index contributed by atoms with van der Waals surface area (Å²) in [5.41, 5.74) is 1.19. The number of hydrogen-bond acceptors (Lipinski definition) is 4. The number of ether oxygens (including phenoxy) is 1.